The molecule has 1 amide bonds. The Kier molecular flexibility index (Phi) is 10.4. The summed E-state index contributed by atoms with van der Waals surface area (Å²) >= 11 is 0. The van der Waals surface area contributed by atoms with Crippen molar-refractivity contribution >= 4 is 23.4 Å². The molecule has 1 aliphatic heterocycles. The smallest absolute Gasteiger partial charge is 0.337 e. The van der Waals surface area contributed by atoms with Crippen LogP contribution in [0.4, 0.5) is 0 Å². The molecule has 0 radical (unpaired) electrons. The lowest BCUT2D eigenvalue weighted by atomic mass is 9.94. The van der Waals surface area contributed by atoms with Crippen LogP contribution in [0.1, 0.15) is 73.5 Å². The largest absolute Gasteiger partial charge is 0.507 e. The molecular weight excluding hydrogens is 468 g/mol. The number of carbonyl (C=O) groups excluding carboxylic acids is 3. The van der Waals surface area contributed by atoms with Crippen LogP contribution in [-0.4, -0.2) is 65.9 Å². The second-order valence-corrected chi connectivity index (χ2v) is 9.37. The Bertz CT molecular complexity index is 1090. The molecule has 7 nitrogen and oxygen atoms in total. The lowest BCUT2D eigenvalue weighted by Gasteiger charge is -2.27. The SMILES string of the molecule is CCCCN(CCCC)CCCN1C(=O)C(=O)/C(=C(\O)c2ccccc2)C1c1ccc(C(=O)OC)cc1. The van der Waals surface area contributed by atoms with Gasteiger partial charge in [-0.2, -0.15) is 0 Å². The number of Topliss-reactive ketones (excluding diaryl/α,β-unsaturated/α-hetero) is 1. The van der Waals surface area contributed by atoms with Crippen LogP contribution in [0.5, 0.6) is 0 Å². The molecule has 0 spiro atoms. The lowest BCUT2D eigenvalue weighted by Crippen LogP contribution is -2.34. The van der Waals surface area contributed by atoms with E-state index in [-0.39, 0.29) is 11.3 Å². The van der Waals surface area contributed by atoms with Gasteiger partial charge in [0, 0.05) is 12.1 Å². The zero-order valence-electron chi connectivity index (χ0n) is 22.1. The molecule has 1 fully saturated rings. The minimum absolute atomic E-state index is 0.0656. The van der Waals surface area contributed by atoms with Crippen LogP contribution in [0.25, 0.3) is 5.76 Å². The number of methoxy groups -OCH3 is 1. The van der Waals surface area contributed by atoms with Gasteiger partial charge in [-0.3, -0.25) is 9.59 Å². The highest BCUT2D eigenvalue weighted by atomic mass is 16.5. The molecule has 1 aliphatic rings. The van der Waals surface area contributed by atoms with E-state index in [0.717, 1.165) is 45.3 Å². The van der Waals surface area contributed by atoms with Gasteiger partial charge in [-0.05, 0) is 56.6 Å². The number of ketones is 1. The maximum atomic E-state index is 13.2. The van der Waals surface area contributed by atoms with E-state index in [1.165, 1.54) is 7.11 Å². The molecule has 0 saturated carbocycles. The van der Waals surface area contributed by atoms with Crippen molar-refractivity contribution in [1.29, 1.82) is 0 Å². The van der Waals surface area contributed by atoms with E-state index in [4.69, 9.17) is 4.74 Å². The number of carbonyl (C=O) groups is 3. The average molecular weight is 507 g/mol. The van der Waals surface area contributed by atoms with Gasteiger partial charge in [-0.15, -0.1) is 0 Å². The van der Waals surface area contributed by atoms with E-state index in [9.17, 15) is 19.5 Å². The number of aliphatic hydroxyl groups excluding tert-OH is 1. The Morgan fingerprint density at radius 1 is 0.892 bits per heavy atom. The summed E-state index contributed by atoms with van der Waals surface area (Å²) in [5, 5.41) is 11.1. The topological polar surface area (TPSA) is 87.2 Å². The number of aliphatic hydroxyl groups is 1. The fourth-order valence-corrected chi connectivity index (χ4v) is 4.69. The molecule has 37 heavy (non-hydrogen) atoms. The van der Waals surface area contributed by atoms with Gasteiger partial charge < -0.3 is 19.6 Å². The maximum Gasteiger partial charge on any atom is 0.337 e. The summed E-state index contributed by atoms with van der Waals surface area (Å²) in [7, 11) is 1.31. The highest BCUT2D eigenvalue weighted by molar-refractivity contribution is 6.46. The van der Waals surface area contributed by atoms with E-state index in [2.05, 4.69) is 18.7 Å². The van der Waals surface area contributed by atoms with Crippen molar-refractivity contribution in [3.05, 3.63) is 76.9 Å². The fraction of sp³-hybridized carbons (Fsp3) is 0.433. The summed E-state index contributed by atoms with van der Waals surface area (Å²) in [5.74, 6) is -1.98. The van der Waals surface area contributed by atoms with Crippen LogP contribution in [0.2, 0.25) is 0 Å². The summed E-state index contributed by atoms with van der Waals surface area (Å²) in [6.45, 7) is 7.60. The first-order chi connectivity index (χ1) is 17.9. The van der Waals surface area contributed by atoms with Gasteiger partial charge in [0.15, 0.2) is 0 Å². The van der Waals surface area contributed by atoms with E-state index in [1.54, 1.807) is 53.4 Å². The van der Waals surface area contributed by atoms with Crippen LogP contribution in [0.3, 0.4) is 0 Å². The van der Waals surface area contributed by atoms with Crippen LogP contribution in [0.15, 0.2) is 60.2 Å². The number of esters is 1. The van der Waals surface area contributed by atoms with Crippen LogP contribution < -0.4 is 0 Å². The number of nitrogens with zero attached hydrogens (tertiary/aromatic N) is 2. The standard InChI is InChI=1S/C30H38N2O5/c1-4-6-18-31(19-7-5-2)20-11-21-32-26(22-14-16-24(17-15-22)30(36)37-3)25(28(34)29(32)35)27(33)23-12-9-8-10-13-23/h8-10,12-17,26,33H,4-7,11,18-21H2,1-3H3/b27-25-. The molecule has 1 atom stereocenters. The predicted octanol–water partition coefficient (Wildman–Crippen LogP) is 5.19. The second kappa shape index (κ2) is 13.7. The second-order valence-electron chi connectivity index (χ2n) is 9.37. The first-order valence-corrected chi connectivity index (χ1v) is 13.2. The van der Waals surface area contributed by atoms with Gasteiger partial charge in [0.1, 0.15) is 5.76 Å². The maximum absolute atomic E-state index is 13.2. The molecule has 2 aromatic rings. The van der Waals surface area contributed by atoms with Gasteiger partial charge in [-0.1, -0.05) is 69.2 Å². The van der Waals surface area contributed by atoms with Gasteiger partial charge in [0.05, 0.1) is 24.3 Å². The van der Waals surface area contributed by atoms with E-state index >= 15 is 0 Å². The number of hydrogen-bond acceptors (Lipinski definition) is 6. The van der Waals surface area contributed by atoms with Crippen molar-refractivity contribution in [3.8, 4) is 0 Å². The highest BCUT2D eigenvalue weighted by Gasteiger charge is 2.45. The third-order valence-corrected chi connectivity index (χ3v) is 6.76. The zero-order chi connectivity index (χ0) is 26.8. The van der Waals surface area contributed by atoms with Crippen LogP contribution in [-0.2, 0) is 14.3 Å². The fourth-order valence-electron chi connectivity index (χ4n) is 4.69. The molecule has 1 heterocycles. The number of unbranched alkanes of at least 4 members (excludes halogenated alkanes) is 2. The number of hydrogen-bond donors (Lipinski definition) is 1. The van der Waals surface area contributed by atoms with Crippen molar-refractivity contribution < 1.29 is 24.2 Å². The number of rotatable bonds is 13. The number of amides is 1. The van der Waals surface area contributed by atoms with Crippen LogP contribution in [0, 0.1) is 0 Å². The molecule has 1 N–H and O–H groups in total. The molecule has 0 aromatic heterocycles. The van der Waals surface area contributed by atoms with Crippen molar-refractivity contribution in [3.63, 3.8) is 0 Å². The van der Waals surface area contributed by atoms with Gasteiger partial charge >= 0.3 is 5.97 Å². The van der Waals surface area contributed by atoms with Gasteiger partial charge in [0.2, 0.25) is 0 Å². The monoisotopic (exact) mass is 506 g/mol. The van der Waals surface area contributed by atoms with Crippen molar-refractivity contribution in [2.24, 2.45) is 0 Å². The summed E-state index contributed by atoms with van der Waals surface area (Å²) in [6.07, 6.45) is 5.20. The summed E-state index contributed by atoms with van der Waals surface area (Å²) in [6, 6.07) is 14.7. The Morgan fingerprint density at radius 2 is 1.49 bits per heavy atom. The van der Waals surface area contributed by atoms with Gasteiger partial charge in [-0.25, -0.2) is 4.79 Å². The lowest BCUT2D eigenvalue weighted by molar-refractivity contribution is -0.140. The third-order valence-electron chi connectivity index (χ3n) is 6.76. The first kappa shape index (κ1) is 28.1. The molecule has 3 rings (SSSR count). The molecule has 1 unspecified atom stereocenters. The molecule has 1 saturated heterocycles. The Morgan fingerprint density at radius 3 is 2.05 bits per heavy atom. The molecule has 0 bridgehead atoms. The quantitative estimate of drug-likeness (QED) is 0.174. The first-order valence-electron chi connectivity index (χ1n) is 13.2. The normalized spacial score (nSPS) is 17.0. The zero-order valence-corrected chi connectivity index (χ0v) is 22.1. The van der Waals surface area contributed by atoms with E-state index in [1.807, 2.05) is 6.07 Å². The number of benzene rings is 2. The molecule has 0 aliphatic carbocycles. The van der Waals surface area contributed by atoms with E-state index in [0.29, 0.717) is 29.7 Å². The van der Waals surface area contributed by atoms with Crippen molar-refractivity contribution in [2.45, 2.75) is 52.0 Å². The molecule has 2 aromatic carbocycles. The predicted molar refractivity (Wildman–Crippen MR) is 144 cm³/mol. The van der Waals surface area contributed by atoms with E-state index < -0.39 is 23.7 Å². The molecular formula is C30H38N2O5. The highest BCUT2D eigenvalue weighted by Crippen LogP contribution is 2.39. The Labute approximate surface area is 219 Å². The summed E-state index contributed by atoms with van der Waals surface area (Å²) < 4.78 is 4.79. The third kappa shape index (κ3) is 6.86. The summed E-state index contributed by atoms with van der Waals surface area (Å²) in [4.78, 5) is 42.4. The Hall–Kier alpha value is -3.45. The van der Waals surface area contributed by atoms with Crippen molar-refractivity contribution in [1.82, 2.24) is 9.80 Å². The number of ether oxygens (including phenoxy) is 1. The minimum atomic E-state index is -0.744. The minimum Gasteiger partial charge on any atom is -0.507 e. The number of likely N-dealkylation sites (tertiary alicyclic amines) is 1. The Balaban J connectivity index is 1.92. The van der Waals surface area contributed by atoms with Crippen molar-refractivity contribution in [2.75, 3.05) is 33.3 Å². The van der Waals surface area contributed by atoms with Gasteiger partial charge in [0.25, 0.3) is 11.7 Å². The average Bonchev–Trinajstić information content (AvgIpc) is 3.18. The molecule has 198 valence electrons. The van der Waals surface area contributed by atoms with Crippen LogP contribution >= 0.6 is 0 Å². The summed E-state index contributed by atoms with van der Waals surface area (Å²) in [5.41, 5.74) is 1.56. The molecule has 7 heteroatoms.